The first-order valence-corrected chi connectivity index (χ1v) is 6.57. The zero-order valence-electron chi connectivity index (χ0n) is 10.4. The van der Waals surface area contributed by atoms with Crippen molar-refractivity contribution in [3.8, 4) is 0 Å². The molecule has 2 heterocycles. The minimum atomic E-state index is -0.604. The number of carbonyl (C=O) groups is 2. The van der Waals surface area contributed by atoms with Crippen LogP contribution in [-0.4, -0.2) is 21.2 Å². The van der Waals surface area contributed by atoms with Crippen LogP contribution in [0.25, 0.3) is 0 Å². The SMILES string of the molecule is Cn1c(Cl)cnc1CN1C(=O)C(=O)c2cccc(Cl)c21. The third kappa shape index (κ3) is 1.82. The van der Waals surface area contributed by atoms with Gasteiger partial charge in [-0.05, 0) is 12.1 Å². The molecule has 102 valence electrons. The van der Waals surface area contributed by atoms with Crippen molar-refractivity contribution in [3.63, 3.8) is 0 Å². The molecule has 3 rings (SSSR count). The van der Waals surface area contributed by atoms with Crippen molar-refractivity contribution in [3.05, 3.63) is 46.0 Å². The van der Waals surface area contributed by atoms with Crippen LogP contribution in [-0.2, 0) is 18.4 Å². The van der Waals surface area contributed by atoms with Crippen molar-refractivity contribution in [2.45, 2.75) is 6.54 Å². The third-order valence-electron chi connectivity index (χ3n) is 3.27. The minimum Gasteiger partial charge on any atom is -0.321 e. The first-order chi connectivity index (χ1) is 9.50. The summed E-state index contributed by atoms with van der Waals surface area (Å²) in [4.78, 5) is 29.5. The number of imidazole rings is 1. The molecular formula is C13H9Cl2N3O2. The summed E-state index contributed by atoms with van der Waals surface area (Å²) in [5.74, 6) is -0.584. The molecule has 7 heteroatoms. The zero-order chi connectivity index (χ0) is 14.4. The van der Waals surface area contributed by atoms with Gasteiger partial charge in [0.25, 0.3) is 11.7 Å². The summed E-state index contributed by atoms with van der Waals surface area (Å²) >= 11 is 12.0. The third-order valence-corrected chi connectivity index (χ3v) is 3.92. The Hall–Kier alpha value is -1.85. The number of hydrogen-bond acceptors (Lipinski definition) is 3. The monoisotopic (exact) mass is 309 g/mol. The normalized spacial score (nSPS) is 14.1. The Bertz CT molecular complexity index is 739. The van der Waals surface area contributed by atoms with Crippen LogP contribution in [0.1, 0.15) is 16.2 Å². The molecule has 1 aliphatic heterocycles. The van der Waals surface area contributed by atoms with Gasteiger partial charge in [-0.2, -0.15) is 0 Å². The fourth-order valence-electron chi connectivity index (χ4n) is 2.18. The Morgan fingerprint density at radius 1 is 1.25 bits per heavy atom. The smallest absolute Gasteiger partial charge is 0.299 e. The Labute approximate surface area is 124 Å². The fraction of sp³-hybridized carbons (Fsp3) is 0.154. The van der Waals surface area contributed by atoms with Crippen LogP contribution in [0.3, 0.4) is 0 Å². The van der Waals surface area contributed by atoms with Crippen LogP contribution in [0.4, 0.5) is 5.69 Å². The van der Waals surface area contributed by atoms with E-state index in [-0.39, 0.29) is 6.54 Å². The largest absolute Gasteiger partial charge is 0.321 e. The first-order valence-electron chi connectivity index (χ1n) is 5.81. The van der Waals surface area contributed by atoms with E-state index in [1.807, 2.05) is 0 Å². The summed E-state index contributed by atoms with van der Waals surface area (Å²) in [5.41, 5.74) is 0.756. The van der Waals surface area contributed by atoms with Crippen LogP contribution in [0.5, 0.6) is 0 Å². The standard InChI is InChI=1S/C13H9Cl2N3O2/c1-17-9(15)5-16-10(17)6-18-11-7(12(19)13(18)20)3-2-4-8(11)14/h2-5H,6H2,1H3. The van der Waals surface area contributed by atoms with Gasteiger partial charge in [0, 0.05) is 7.05 Å². The number of nitrogens with zero attached hydrogens (tertiary/aromatic N) is 3. The molecule has 20 heavy (non-hydrogen) atoms. The number of ketones is 1. The molecule has 0 spiro atoms. The lowest BCUT2D eigenvalue weighted by atomic mass is 10.1. The van der Waals surface area contributed by atoms with E-state index in [4.69, 9.17) is 23.2 Å². The molecule has 0 bridgehead atoms. The number of fused-ring (bicyclic) bond motifs is 1. The number of Topliss-reactive ketones (excluding diaryl/α,β-unsaturated/α-hetero) is 1. The minimum absolute atomic E-state index is 0.143. The number of anilines is 1. The lowest BCUT2D eigenvalue weighted by Crippen LogP contribution is -2.30. The molecule has 0 unspecified atom stereocenters. The molecule has 0 N–H and O–H groups in total. The van der Waals surface area contributed by atoms with Crippen molar-refractivity contribution in [2.75, 3.05) is 4.90 Å². The Balaban J connectivity index is 2.05. The summed E-state index contributed by atoms with van der Waals surface area (Å²) in [5, 5.41) is 0.819. The van der Waals surface area contributed by atoms with Gasteiger partial charge in [0.2, 0.25) is 0 Å². The summed E-state index contributed by atoms with van der Waals surface area (Å²) in [6.45, 7) is 0.143. The van der Waals surface area contributed by atoms with Gasteiger partial charge in [0.05, 0.1) is 29.0 Å². The van der Waals surface area contributed by atoms with Gasteiger partial charge in [-0.15, -0.1) is 0 Å². The zero-order valence-corrected chi connectivity index (χ0v) is 11.9. The average Bonchev–Trinajstić information content (AvgIpc) is 2.86. The van der Waals surface area contributed by atoms with Crippen molar-refractivity contribution in [1.82, 2.24) is 9.55 Å². The average molecular weight is 310 g/mol. The Morgan fingerprint density at radius 3 is 2.65 bits per heavy atom. The van der Waals surface area contributed by atoms with Crippen molar-refractivity contribution in [2.24, 2.45) is 7.05 Å². The van der Waals surface area contributed by atoms with Crippen LogP contribution in [0, 0.1) is 0 Å². The number of rotatable bonds is 2. The molecular weight excluding hydrogens is 301 g/mol. The molecule has 0 atom stereocenters. The number of para-hydroxylation sites is 1. The van der Waals surface area contributed by atoms with Gasteiger partial charge < -0.3 is 4.57 Å². The lowest BCUT2D eigenvalue weighted by molar-refractivity contribution is -0.114. The molecule has 0 fully saturated rings. The maximum atomic E-state index is 12.1. The summed E-state index contributed by atoms with van der Waals surface area (Å²) in [6.07, 6.45) is 1.49. The first kappa shape index (κ1) is 13.1. The Morgan fingerprint density at radius 2 is 2.00 bits per heavy atom. The summed E-state index contributed by atoms with van der Waals surface area (Å²) in [6, 6.07) is 4.88. The number of aromatic nitrogens is 2. The molecule has 1 aromatic heterocycles. The van der Waals surface area contributed by atoms with E-state index in [1.54, 1.807) is 29.8 Å². The van der Waals surface area contributed by atoms with E-state index < -0.39 is 11.7 Å². The number of benzene rings is 1. The number of halogens is 2. The van der Waals surface area contributed by atoms with Crippen molar-refractivity contribution < 1.29 is 9.59 Å². The van der Waals surface area contributed by atoms with Crippen molar-refractivity contribution >= 4 is 40.6 Å². The second kappa shape index (κ2) is 4.61. The second-order valence-electron chi connectivity index (χ2n) is 4.41. The summed E-state index contributed by atoms with van der Waals surface area (Å²) in [7, 11) is 1.74. The predicted octanol–water partition coefficient (Wildman–Crippen LogP) is 2.46. The molecule has 2 aromatic rings. The second-order valence-corrected chi connectivity index (χ2v) is 5.21. The van der Waals surface area contributed by atoms with Crippen molar-refractivity contribution in [1.29, 1.82) is 0 Å². The van der Waals surface area contributed by atoms with Crippen LogP contribution in [0.2, 0.25) is 10.2 Å². The number of hydrogen-bond donors (Lipinski definition) is 0. The fourth-order valence-corrected chi connectivity index (χ4v) is 2.60. The summed E-state index contributed by atoms with van der Waals surface area (Å²) < 4.78 is 1.65. The highest BCUT2D eigenvalue weighted by Gasteiger charge is 2.37. The van der Waals surface area contributed by atoms with E-state index in [0.717, 1.165) is 0 Å². The van der Waals surface area contributed by atoms with Gasteiger partial charge in [0.15, 0.2) is 0 Å². The molecule has 5 nitrogen and oxygen atoms in total. The highest BCUT2D eigenvalue weighted by molar-refractivity contribution is 6.54. The molecule has 0 saturated heterocycles. The molecule has 1 aromatic carbocycles. The van der Waals surface area contributed by atoms with E-state index >= 15 is 0 Å². The Kier molecular flexibility index (Phi) is 3.03. The van der Waals surface area contributed by atoms with Gasteiger partial charge in [-0.3, -0.25) is 14.5 Å². The van der Waals surface area contributed by atoms with Crippen LogP contribution < -0.4 is 4.90 Å². The van der Waals surface area contributed by atoms with Gasteiger partial charge in [-0.25, -0.2) is 4.98 Å². The number of amides is 1. The molecule has 0 radical (unpaired) electrons. The number of carbonyl (C=O) groups excluding carboxylic acids is 2. The van der Waals surface area contributed by atoms with E-state index in [1.165, 1.54) is 11.1 Å². The molecule has 1 aliphatic rings. The predicted molar refractivity (Wildman–Crippen MR) is 75.2 cm³/mol. The van der Waals surface area contributed by atoms with E-state index in [2.05, 4.69) is 4.98 Å². The molecule has 1 amide bonds. The van der Waals surface area contributed by atoms with Gasteiger partial charge in [-0.1, -0.05) is 29.3 Å². The maximum absolute atomic E-state index is 12.1. The molecule has 0 aliphatic carbocycles. The van der Waals surface area contributed by atoms with E-state index in [0.29, 0.717) is 27.3 Å². The highest BCUT2D eigenvalue weighted by Crippen LogP contribution is 2.36. The van der Waals surface area contributed by atoms with E-state index in [9.17, 15) is 9.59 Å². The molecule has 0 saturated carbocycles. The topological polar surface area (TPSA) is 55.2 Å². The van der Waals surface area contributed by atoms with Crippen LogP contribution in [0.15, 0.2) is 24.4 Å². The van der Waals surface area contributed by atoms with Gasteiger partial charge in [0.1, 0.15) is 11.0 Å². The quantitative estimate of drug-likeness (QED) is 0.801. The highest BCUT2D eigenvalue weighted by atomic mass is 35.5. The lowest BCUT2D eigenvalue weighted by Gasteiger charge is -2.17. The van der Waals surface area contributed by atoms with Crippen LogP contribution >= 0.6 is 23.2 Å². The van der Waals surface area contributed by atoms with Gasteiger partial charge >= 0.3 is 0 Å². The maximum Gasteiger partial charge on any atom is 0.299 e.